The van der Waals surface area contributed by atoms with Gasteiger partial charge in [0.15, 0.2) is 0 Å². The van der Waals surface area contributed by atoms with Crippen molar-refractivity contribution in [1.29, 1.82) is 0 Å². The van der Waals surface area contributed by atoms with Crippen LogP contribution in [0.2, 0.25) is 0 Å². The van der Waals surface area contributed by atoms with Crippen molar-refractivity contribution in [2.45, 2.75) is 69.6 Å². The molecule has 220 valence electrons. The predicted molar refractivity (Wildman–Crippen MR) is 149 cm³/mol. The number of nitrogens with one attached hydrogen (secondary N) is 1. The fourth-order valence-corrected chi connectivity index (χ4v) is 5.56. The van der Waals surface area contributed by atoms with Gasteiger partial charge in [0.1, 0.15) is 10.6 Å². The van der Waals surface area contributed by atoms with Gasteiger partial charge in [0, 0.05) is 49.3 Å². The molecule has 0 amide bonds. The lowest BCUT2D eigenvalue weighted by molar-refractivity contribution is -0.138. The molecule has 1 aliphatic carbocycles. The Morgan fingerprint density at radius 3 is 2.02 bits per heavy atom. The lowest BCUT2D eigenvalue weighted by Crippen LogP contribution is -2.55. The average molecular weight is 589 g/mol. The highest BCUT2D eigenvalue weighted by molar-refractivity contribution is 7.80. The molecule has 0 radical (unpaired) electrons. The Balaban J connectivity index is 1.25. The van der Waals surface area contributed by atoms with E-state index in [1.165, 1.54) is 18.2 Å². The van der Waals surface area contributed by atoms with Crippen molar-refractivity contribution in [3.8, 4) is 0 Å². The number of hydrogen-bond donors (Lipinski definition) is 2. The number of nitrogens with zero attached hydrogens (tertiary/aromatic N) is 2. The van der Waals surface area contributed by atoms with Crippen LogP contribution in [0.25, 0.3) is 0 Å². The van der Waals surface area contributed by atoms with Gasteiger partial charge in [0.05, 0.1) is 17.2 Å². The summed E-state index contributed by atoms with van der Waals surface area (Å²) in [6.07, 6.45) is -5.93. The first-order chi connectivity index (χ1) is 18.6. The molecule has 0 atom stereocenters. The van der Waals surface area contributed by atoms with E-state index in [4.69, 9.17) is 22.7 Å². The maximum absolute atomic E-state index is 13.2. The minimum absolute atomic E-state index is 0.0258. The first-order valence-corrected chi connectivity index (χ1v) is 13.7. The quantitative estimate of drug-likeness (QED) is 0.216. The number of alkyl halides is 6. The third kappa shape index (κ3) is 7.31. The number of hydrogen-bond acceptors (Lipinski definition) is 5. The van der Waals surface area contributed by atoms with Crippen LogP contribution >= 0.6 is 12.2 Å². The lowest BCUT2D eigenvalue weighted by Gasteiger charge is -2.43. The maximum Gasteiger partial charge on any atom is 0.418 e. The third-order valence-corrected chi connectivity index (χ3v) is 8.26. The van der Waals surface area contributed by atoms with Crippen molar-refractivity contribution in [3.05, 3.63) is 53.6 Å². The SMILES string of the molecule is CC(C)(OC1CCC(Nc2ccc(N)c(C(F)(F)F)c2)CC1)C(=S)N1CCN(c2ccc(C(F)(F)F)cc2)CC1. The van der Waals surface area contributed by atoms with Gasteiger partial charge in [-0.25, -0.2) is 0 Å². The molecule has 0 bridgehead atoms. The molecule has 1 aliphatic heterocycles. The van der Waals surface area contributed by atoms with E-state index in [0.29, 0.717) is 36.9 Å². The van der Waals surface area contributed by atoms with Crippen molar-refractivity contribution in [2.75, 3.05) is 42.1 Å². The summed E-state index contributed by atoms with van der Waals surface area (Å²) in [4.78, 5) is 4.81. The molecule has 2 aromatic carbocycles. The van der Waals surface area contributed by atoms with Crippen LogP contribution in [0.5, 0.6) is 0 Å². The molecule has 2 fully saturated rings. The van der Waals surface area contributed by atoms with E-state index in [1.807, 2.05) is 18.7 Å². The minimum atomic E-state index is -4.51. The van der Waals surface area contributed by atoms with Crippen LogP contribution in [0, 0.1) is 0 Å². The highest BCUT2D eigenvalue weighted by Gasteiger charge is 2.36. The Labute approximate surface area is 235 Å². The van der Waals surface area contributed by atoms with Crippen molar-refractivity contribution >= 4 is 34.3 Å². The molecule has 1 saturated carbocycles. The van der Waals surface area contributed by atoms with E-state index >= 15 is 0 Å². The number of piperazine rings is 1. The van der Waals surface area contributed by atoms with Gasteiger partial charge in [-0.05, 0) is 82.0 Å². The summed E-state index contributed by atoms with van der Waals surface area (Å²) in [5.41, 5.74) is 4.13. The van der Waals surface area contributed by atoms with Crippen LogP contribution in [-0.2, 0) is 17.1 Å². The number of anilines is 3. The zero-order valence-electron chi connectivity index (χ0n) is 22.4. The maximum atomic E-state index is 13.2. The summed E-state index contributed by atoms with van der Waals surface area (Å²) < 4.78 is 84.6. The monoisotopic (exact) mass is 588 g/mol. The van der Waals surface area contributed by atoms with E-state index in [0.717, 1.165) is 49.6 Å². The molecular formula is C28H34F6N4OS. The fourth-order valence-electron chi connectivity index (χ4n) is 5.33. The second-order valence-corrected chi connectivity index (χ2v) is 11.3. The van der Waals surface area contributed by atoms with Crippen molar-refractivity contribution < 1.29 is 31.1 Å². The smallest absolute Gasteiger partial charge is 0.398 e. The molecule has 4 rings (SSSR count). The predicted octanol–water partition coefficient (Wildman–Crippen LogP) is 6.97. The van der Waals surface area contributed by atoms with Crippen LogP contribution in [0.4, 0.5) is 43.4 Å². The van der Waals surface area contributed by atoms with Gasteiger partial charge in [-0.15, -0.1) is 0 Å². The second kappa shape index (κ2) is 11.6. The molecule has 0 spiro atoms. The molecule has 1 saturated heterocycles. The van der Waals surface area contributed by atoms with Crippen LogP contribution in [0.1, 0.15) is 50.7 Å². The highest BCUT2D eigenvalue weighted by Crippen LogP contribution is 2.36. The van der Waals surface area contributed by atoms with E-state index in [9.17, 15) is 26.3 Å². The van der Waals surface area contributed by atoms with E-state index in [1.54, 1.807) is 6.07 Å². The normalized spacial score (nSPS) is 20.9. The Morgan fingerprint density at radius 1 is 0.875 bits per heavy atom. The van der Waals surface area contributed by atoms with Crippen LogP contribution in [0.3, 0.4) is 0 Å². The molecule has 0 aromatic heterocycles. The summed E-state index contributed by atoms with van der Waals surface area (Å²) in [6.45, 7) is 6.39. The zero-order chi connectivity index (χ0) is 29.3. The lowest BCUT2D eigenvalue weighted by atomic mass is 9.92. The van der Waals surface area contributed by atoms with Crippen LogP contribution < -0.4 is 16.0 Å². The zero-order valence-corrected chi connectivity index (χ0v) is 23.2. The molecule has 12 heteroatoms. The van der Waals surface area contributed by atoms with Gasteiger partial charge in [0.2, 0.25) is 0 Å². The van der Waals surface area contributed by atoms with Crippen molar-refractivity contribution in [1.82, 2.24) is 4.90 Å². The number of ether oxygens (including phenoxy) is 1. The third-order valence-electron chi connectivity index (χ3n) is 7.51. The van der Waals surface area contributed by atoms with Gasteiger partial charge >= 0.3 is 12.4 Å². The molecule has 2 aliphatic rings. The van der Waals surface area contributed by atoms with Gasteiger partial charge < -0.3 is 25.6 Å². The molecular weight excluding hydrogens is 554 g/mol. The van der Waals surface area contributed by atoms with Crippen molar-refractivity contribution in [3.63, 3.8) is 0 Å². The summed E-state index contributed by atoms with van der Waals surface area (Å²) >= 11 is 5.80. The summed E-state index contributed by atoms with van der Waals surface area (Å²) in [5, 5.41) is 3.20. The molecule has 3 N–H and O–H groups in total. The van der Waals surface area contributed by atoms with E-state index in [2.05, 4.69) is 10.2 Å². The Bertz CT molecular complexity index is 1170. The molecule has 5 nitrogen and oxygen atoms in total. The van der Waals surface area contributed by atoms with Gasteiger partial charge in [-0.2, -0.15) is 26.3 Å². The molecule has 2 aromatic rings. The number of nitrogen functional groups attached to an aromatic ring is 1. The number of nitrogens with two attached hydrogens (primary N) is 1. The van der Waals surface area contributed by atoms with Crippen LogP contribution in [0.15, 0.2) is 42.5 Å². The standard InChI is InChI=1S/C28H34F6N4OS/c1-26(2,25(40)38-15-13-37(14-16-38)21-8-3-18(4-9-21)27(29,30)31)39-22-10-5-19(6-11-22)36-20-7-12-24(35)23(17-20)28(32,33)34/h3-4,7-9,12,17,19,22,36H,5-6,10-11,13-16,35H2,1-2H3. The van der Waals surface area contributed by atoms with E-state index in [-0.39, 0.29) is 17.8 Å². The van der Waals surface area contributed by atoms with Gasteiger partial charge in [-0.1, -0.05) is 12.2 Å². The molecule has 40 heavy (non-hydrogen) atoms. The first-order valence-electron chi connectivity index (χ1n) is 13.3. The van der Waals surface area contributed by atoms with E-state index < -0.39 is 29.1 Å². The van der Waals surface area contributed by atoms with Gasteiger partial charge in [-0.3, -0.25) is 0 Å². The Hall–Kier alpha value is -2.73. The highest BCUT2D eigenvalue weighted by atomic mass is 32.1. The Kier molecular flexibility index (Phi) is 8.79. The first kappa shape index (κ1) is 30.2. The summed E-state index contributed by atoms with van der Waals surface area (Å²) in [7, 11) is 0. The van der Waals surface area contributed by atoms with Crippen LogP contribution in [-0.4, -0.2) is 53.8 Å². The number of thiocarbonyl (C=S) groups is 1. The number of benzene rings is 2. The number of halogens is 6. The topological polar surface area (TPSA) is 53.8 Å². The summed E-state index contributed by atoms with van der Waals surface area (Å²) in [5.74, 6) is 0. The second-order valence-electron chi connectivity index (χ2n) is 10.9. The van der Waals surface area contributed by atoms with Gasteiger partial charge in [0.25, 0.3) is 0 Å². The minimum Gasteiger partial charge on any atom is -0.398 e. The largest absolute Gasteiger partial charge is 0.418 e. The molecule has 1 heterocycles. The van der Waals surface area contributed by atoms with Crippen molar-refractivity contribution in [2.24, 2.45) is 0 Å². The molecule has 0 unspecified atom stereocenters. The average Bonchev–Trinajstić information content (AvgIpc) is 2.89. The Morgan fingerprint density at radius 2 is 1.48 bits per heavy atom. The summed E-state index contributed by atoms with van der Waals surface area (Å²) in [6, 6.07) is 9.11. The number of rotatable bonds is 6. The fraction of sp³-hybridized carbons (Fsp3) is 0.536.